The van der Waals surface area contributed by atoms with Gasteiger partial charge in [0, 0.05) is 12.6 Å². The van der Waals surface area contributed by atoms with E-state index in [9.17, 15) is 0 Å². The van der Waals surface area contributed by atoms with E-state index in [1.807, 2.05) is 0 Å². The van der Waals surface area contributed by atoms with Gasteiger partial charge in [0.05, 0.1) is 18.8 Å². The Morgan fingerprint density at radius 1 is 1.13 bits per heavy atom. The number of nitrogens with one attached hydrogen (secondary N) is 1. The van der Waals surface area contributed by atoms with Gasteiger partial charge in [0.2, 0.25) is 0 Å². The van der Waals surface area contributed by atoms with E-state index in [1.54, 1.807) is 0 Å². The summed E-state index contributed by atoms with van der Waals surface area (Å²) in [6.07, 6.45) is 1.06. The molecule has 0 spiro atoms. The van der Waals surface area contributed by atoms with Gasteiger partial charge in [-0.25, -0.2) is 0 Å². The first-order valence-corrected chi connectivity index (χ1v) is 5.91. The Morgan fingerprint density at radius 3 is 2.33 bits per heavy atom. The first kappa shape index (κ1) is 14.9. The summed E-state index contributed by atoms with van der Waals surface area (Å²) in [4.78, 5) is 0. The highest BCUT2D eigenvalue weighted by Crippen LogP contribution is 2.05. The molecule has 0 rings (SSSR count). The average Bonchev–Trinajstić information content (AvgIpc) is 2.09. The summed E-state index contributed by atoms with van der Waals surface area (Å²) < 4.78 is 11.0. The Morgan fingerprint density at radius 2 is 1.80 bits per heavy atom. The first-order chi connectivity index (χ1) is 6.95. The van der Waals surface area contributed by atoms with Gasteiger partial charge in [-0.3, -0.25) is 0 Å². The molecule has 15 heavy (non-hydrogen) atoms. The Labute approximate surface area is 94.5 Å². The molecule has 0 aromatic rings. The fourth-order valence-electron chi connectivity index (χ4n) is 1.22. The number of hydrogen-bond acceptors (Lipinski definition) is 3. The summed E-state index contributed by atoms with van der Waals surface area (Å²) in [5.41, 5.74) is -0.0551. The van der Waals surface area contributed by atoms with Gasteiger partial charge in [-0.05, 0) is 40.7 Å². The van der Waals surface area contributed by atoms with Crippen molar-refractivity contribution in [3.05, 3.63) is 0 Å². The monoisotopic (exact) mass is 217 g/mol. The third kappa shape index (κ3) is 11.8. The van der Waals surface area contributed by atoms with Crippen LogP contribution in [0.3, 0.4) is 0 Å². The van der Waals surface area contributed by atoms with Crippen LogP contribution in [0.15, 0.2) is 0 Å². The molecule has 0 aromatic carbocycles. The van der Waals surface area contributed by atoms with Crippen molar-refractivity contribution in [1.82, 2.24) is 5.32 Å². The molecule has 0 bridgehead atoms. The van der Waals surface area contributed by atoms with Crippen LogP contribution in [0.4, 0.5) is 0 Å². The lowest BCUT2D eigenvalue weighted by molar-refractivity contribution is -0.0355. The van der Waals surface area contributed by atoms with E-state index in [2.05, 4.69) is 39.9 Å². The molecule has 0 saturated heterocycles. The maximum absolute atomic E-state index is 5.54. The molecule has 0 saturated carbocycles. The SMILES string of the molecule is CCNC(C)CCOCCOC(C)(C)C. The van der Waals surface area contributed by atoms with Crippen LogP contribution < -0.4 is 5.32 Å². The van der Waals surface area contributed by atoms with Crippen molar-refractivity contribution in [2.75, 3.05) is 26.4 Å². The van der Waals surface area contributed by atoms with Crippen LogP contribution >= 0.6 is 0 Å². The van der Waals surface area contributed by atoms with Gasteiger partial charge >= 0.3 is 0 Å². The molecule has 0 radical (unpaired) electrons. The van der Waals surface area contributed by atoms with Crippen LogP contribution in [0.2, 0.25) is 0 Å². The van der Waals surface area contributed by atoms with Crippen LogP contribution in [0.1, 0.15) is 41.0 Å². The Kier molecular flexibility index (Phi) is 8.02. The molecule has 0 aliphatic carbocycles. The predicted octanol–water partition coefficient (Wildman–Crippen LogP) is 2.21. The molecule has 92 valence electrons. The van der Waals surface area contributed by atoms with Gasteiger partial charge in [-0.15, -0.1) is 0 Å². The number of rotatable bonds is 8. The van der Waals surface area contributed by atoms with Crippen LogP contribution in [0.25, 0.3) is 0 Å². The van der Waals surface area contributed by atoms with Crippen molar-refractivity contribution in [2.45, 2.75) is 52.7 Å². The largest absolute Gasteiger partial charge is 0.379 e. The fraction of sp³-hybridized carbons (Fsp3) is 1.00. The Bertz CT molecular complexity index is 143. The maximum atomic E-state index is 5.54. The van der Waals surface area contributed by atoms with E-state index in [4.69, 9.17) is 9.47 Å². The fourth-order valence-corrected chi connectivity index (χ4v) is 1.22. The highest BCUT2D eigenvalue weighted by molar-refractivity contribution is 4.59. The molecule has 0 aliphatic heterocycles. The lowest BCUT2D eigenvalue weighted by Gasteiger charge is -2.19. The molecule has 1 N–H and O–H groups in total. The zero-order chi connectivity index (χ0) is 11.7. The topological polar surface area (TPSA) is 30.5 Å². The zero-order valence-electron chi connectivity index (χ0n) is 10.9. The molecule has 1 atom stereocenters. The van der Waals surface area contributed by atoms with Crippen molar-refractivity contribution in [3.8, 4) is 0 Å². The van der Waals surface area contributed by atoms with Gasteiger partial charge in [-0.1, -0.05) is 6.92 Å². The second-order valence-corrected chi connectivity index (χ2v) is 4.82. The van der Waals surface area contributed by atoms with E-state index in [0.717, 1.165) is 19.6 Å². The lowest BCUT2D eigenvalue weighted by atomic mass is 10.2. The van der Waals surface area contributed by atoms with Gasteiger partial charge in [-0.2, -0.15) is 0 Å². The van der Waals surface area contributed by atoms with Crippen LogP contribution in [0, 0.1) is 0 Å². The smallest absolute Gasteiger partial charge is 0.0707 e. The molecule has 0 amide bonds. The lowest BCUT2D eigenvalue weighted by Crippen LogP contribution is -2.27. The van der Waals surface area contributed by atoms with Gasteiger partial charge in [0.1, 0.15) is 0 Å². The van der Waals surface area contributed by atoms with E-state index in [-0.39, 0.29) is 5.60 Å². The summed E-state index contributed by atoms with van der Waals surface area (Å²) in [6.45, 7) is 13.7. The minimum atomic E-state index is -0.0551. The van der Waals surface area contributed by atoms with Crippen molar-refractivity contribution >= 4 is 0 Å². The van der Waals surface area contributed by atoms with E-state index in [0.29, 0.717) is 19.3 Å². The van der Waals surface area contributed by atoms with Crippen LogP contribution in [-0.2, 0) is 9.47 Å². The highest BCUT2D eigenvalue weighted by Gasteiger charge is 2.08. The molecule has 0 heterocycles. The molecule has 1 unspecified atom stereocenters. The van der Waals surface area contributed by atoms with Gasteiger partial charge in [0.25, 0.3) is 0 Å². The molecule has 3 heteroatoms. The molecule has 3 nitrogen and oxygen atoms in total. The highest BCUT2D eigenvalue weighted by atomic mass is 16.5. The summed E-state index contributed by atoms with van der Waals surface area (Å²) in [5, 5.41) is 3.35. The second-order valence-electron chi connectivity index (χ2n) is 4.82. The molecule has 0 fully saturated rings. The van der Waals surface area contributed by atoms with E-state index >= 15 is 0 Å². The van der Waals surface area contributed by atoms with E-state index in [1.165, 1.54) is 0 Å². The standard InChI is InChI=1S/C12H27NO2/c1-6-13-11(2)7-8-14-9-10-15-12(3,4)5/h11,13H,6-10H2,1-5H3. The second kappa shape index (κ2) is 8.08. The Balaban J connectivity index is 3.18. The Hall–Kier alpha value is -0.120. The first-order valence-electron chi connectivity index (χ1n) is 5.91. The summed E-state index contributed by atoms with van der Waals surface area (Å²) in [5.74, 6) is 0. The number of ether oxygens (including phenoxy) is 2. The quantitative estimate of drug-likeness (QED) is 0.632. The minimum absolute atomic E-state index is 0.0551. The summed E-state index contributed by atoms with van der Waals surface area (Å²) in [6, 6.07) is 0.540. The van der Waals surface area contributed by atoms with E-state index < -0.39 is 0 Å². The average molecular weight is 217 g/mol. The third-order valence-electron chi connectivity index (χ3n) is 2.01. The predicted molar refractivity (Wildman–Crippen MR) is 64.3 cm³/mol. The van der Waals surface area contributed by atoms with Crippen LogP contribution in [0.5, 0.6) is 0 Å². The van der Waals surface area contributed by atoms with Crippen molar-refractivity contribution in [3.63, 3.8) is 0 Å². The van der Waals surface area contributed by atoms with Crippen molar-refractivity contribution in [2.24, 2.45) is 0 Å². The maximum Gasteiger partial charge on any atom is 0.0707 e. The molecule has 0 aliphatic rings. The van der Waals surface area contributed by atoms with Crippen molar-refractivity contribution < 1.29 is 9.47 Å². The summed E-state index contributed by atoms with van der Waals surface area (Å²) >= 11 is 0. The molecular formula is C12H27NO2. The van der Waals surface area contributed by atoms with Crippen LogP contribution in [-0.4, -0.2) is 38.0 Å². The zero-order valence-corrected chi connectivity index (χ0v) is 10.9. The third-order valence-corrected chi connectivity index (χ3v) is 2.01. The van der Waals surface area contributed by atoms with Gasteiger partial charge in [0.15, 0.2) is 0 Å². The van der Waals surface area contributed by atoms with Crippen molar-refractivity contribution in [1.29, 1.82) is 0 Å². The number of hydrogen-bond donors (Lipinski definition) is 1. The molecule has 0 aromatic heterocycles. The minimum Gasteiger partial charge on any atom is -0.379 e. The van der Waals surface area contributed by atoms with Gasteiger partial charge < -0.3 is 14.8 Å². The summed E-state index contributed by atoms with van der Waals surface area (Å²) in [7, 11) is 0. The normalized spacial score (nSPS) is 14.2. The molecular weight excluding hydrogens is 190 g/mol.